The van der Waals surface area contributed by atoms with Gasteiger partial charge in [-0.3, -0.25) is 4.79 Å². The third-order valence-electron chi connectivity index (χ3n) is 7.75. The summed E-state index contributed by atoms with van der Waals surface area (Å²) in [4.78, 5) is 14.7. The van der Waals surface area contributed by atoms with E-state index in [9.17, 15) is 9.18 Å². The van der Waals surface area contributed by atoms with Crippen LogP contribution in [0.2, 0.25) is 0 Å². The second kappa shape index (κ2) is 14.1. The van der Waals surface area contributed by atoms with E-state index in [0.717, 1.165) is 54.1 Å². The fourth-order valence-electron chi connectivity index (χ4n) is 5.39. The molecule has 5 nitrogen and oxygen atoms in total. The molecule has 1 radical (unpaired) electrons. The fraction of sp³-hybridized carbons (Fsp3) is 0.389. The molecule has 1 aliphatic heterocycles. The molecule has 3 aromatic rings. The van der Waals surface area contributed by atoms with Crippen LogP contribution >= 0.6 is 0 Å². The van der Waals surface area contributed by atoms with Crippen LogP contribution in [0.25, 0.3) is 5.57 Å². The van der Waals surface area contributed by atoms with E-state index in [1.54, 1.807) is 11.0 Å². The Morgan fingerprint density at radius 1 is 0.976 bits per heavy atom. The third kappa shape index (κ3) is 7.47. The zero-order chi connectivity index (χ0) is 29.5. The van der Waals surface area contributed by atoms with Crippen molar-refractivity contribution in [3.8, 4) is 5.75 Å². The Morgan fingerprint density at radius 2 is 1.79 bits per heavy atom. The van der Waals surface area contributed by atoms with Crippen molar-refractivity contribution in [1.82, 2.24) is 0 Å². The van der Waals surface area contributed by atoms with Crippen molar-refractivity contribution in [2.24, 2.45) is 0 Å². The molecule has 2 aliphatic carbocycles. The van der Waals surface area contributed by atoms with E-state index in [2.05, 4.69) is 30.3 Å². The molecule has 1 atom stereocenters. The third-order valence-corrected chi connectivity index (χ3v) is 7.75. The van der Waals surface area contributed by atoms with Crippen molar-refractivity contribution in [3.63, 3.8) is 0 Å². The van der Waals surface area contributed by atoms with Crippen LogP contribution in [0.5, 0.6) is 5.75 Å². The molecule has 42 heavy (non-hydrogen) atoms. The minimum atomic E-state index is -0.377. The quantitative estimate of drug-likeness (QED) is 0.218. The molecule has 1 saturated heterocycles. The van der Waals surface area contributed by atoms with E-state index in [4.69, 9.17) is 14.2 Å². The van der Waals surface area contributed by atoms with Gasteiger partial charge in [-0.15, -0.1) is 0 Å². The van der Waals surface area contributed by atoms with Gasteiger partial charge in [-0.25, -0.2) is 4.39 Å². The number of rotatable bonds is 11. The van der Waals surface area contributed by atoms with E-state index in [1.807, 2.05) is 38.1 Å². The number of carbonyl (C=O) groups is 1. The van der Waals surface area contributed by atoms with Gasteiger partial charge in [-0.2, -0.15) is 0 Å². The number of carbonyl (C=O) groups excluding carboxylic acids is 1. The summed E-state index contributed by atoms with van der Waals surface area (Å²) in [6, 6.07) is 21.0. The van der Waals surface area contributed by atoms with Crippen molar-refractivity contribution in [2.45, 2.75) is 71.6 Å². The average molecular weight is 571 g/mol. The van der Waals surface area contributed by atoms with Crippen molar-refractivity contribution >= 4 is 17.2 Å². The standard InChI is InChI=1S/C34H35FNO4.C2H6/c1-23(37)36(32-20-28(35)13-14-29(32)31-21-30(31)25-7-3-2-4-8-25)22-27-19-26(24-10-11-24)12-15-33(27)38-17-18-40-34-9-5-6-16-39-34;1-2/h2-4,7-8,12-15,19-21,24,34H,5-6,9-11,16-18,22H2,1H3;1-2H3. The molecule has 2 fully saturated rings. The maximum absolute atomic E-state index is 14.6. The molecular weight excluding hydrogens is 529 g/mol. The highest BCUT2D eigenvalue weighted by molar-refractivity contribution is 6.02. The maximum Gasteiger partial charge on any atom is 0.224 e. The first kappa shape index (κ1) is 30.0. The highest BCUT2D eigenvalue weighted by Crippen LogP contribution is 2.49. The summed E-state index contributed by atoms with van der Waals surface area (Å²) >= 11 is 0. The van der Waals surface area contributed by atoms with Gasteiger partial charge in [0, 0.05) is 19.1 Å². The van der Waals surface area contributed by atoms with Crippen LogP contribution in [-0.4, -0.2) is 32.0 Å². The van der Waals surface area contributed by atoms with Crippen LogP contribution in [-0.2, 0) is 20.8 Å². The molecule has 1 heterocycles. The number of hydrogen-bond acceptors (Lipinski definition) is 4. The van der Waals surface area contributed by atoms with E-state index in [1.165, 1.54) is 37.5 Å². The Morgan fingerprint density at radius 3 is 2.50 bits per heavy atom. The molecule has 1 unspecified atom stereocenters. The number of allylic oxidation sites excluding steroid dienone is 2. The molecule has 3 aromatic carbocycles. The predicted molar refractivity (Wildman–Crippen MR) is 165 cm³/mol. The van der Waals surface area contributed by atoms with Crippen LogP contribution in [0.4, 0.5) is 10.1 Å². The molecule has 0 aromatic heterocycles. The normalized spacial score (nSPS) is 18.0. The van der Waals surface area contributed by atoms with Gasteiger partial charge in [-0.1, -0.05) is 68.5 Å². The van der Waals surface area contributed by atoms with Crippen LogP contribution in [0.1, 0.15) is 81.0 Å². The number of nitrogens with zero attached hydrogens (tertiary/aromatic N) is 1. The van der Waals surface area contributed by atoms with E-state index >= 15 is 0 Å². The van der Waals surface area contributed by atoms with Crippen LogP contribution in [0, 0.1) is 11.7 Å². The largest absolute Gasteiger partial charge is 0.491 e. The minimum absolute atomic E-state index is 0.157. The molecule has 0 N–H and O–H groups in total. The summed E-state index contributed by atoms with van der Waals surface area (Å²) in [6.07, 6.45) is 7.37. The zero-order valence-corrected chi connectivity index (χ0v) is 24.9. The van der Waals surface area contributed by atoms with E-state index in [0.29, 0.717) is 30.6 Å². The van der Waals surface area contributed by atoms with E-state index in [-0.39, 0.29) is 24.6 Å². The van der Waals surface area contributed by atoms with Gasteiger partial charge in [0.05, 0.1) is 24.8 Å². The highest BCUT2D eigenvalue weighted by Gasteiger charge is 2.33. The summed E-state index contributed by atoms with van der Waals surface area (Å²) in [5, 5.41) is 0. The van der Waals surface area contributed by atoms with Crippen LogP contribution in [0.15, 0.2) is 72.8 Å². The van der Waals surface area contributed by atoms with Gasteiger partial charge in [0.2, 0.25) is 5.91 Å². The number of hydrogen-bond donors (Lipinski definition) is 0. The second-order valence-corrected chi connectivity index (χ2v) is 10.8. The Balaban J connectivity index is 0.00000173. The number of ether oxygens (including phenoxy) is 3. The first-order chi connectivity index (χ1) is 20.6. The Kier molecular flexibility index (Phi) is 10.1. The molecule has 1 amide bonds. The molecule has 0 spiro atoms. The van der Waals surface area contributed by atoms with Crippen molar-refractivity contribution in [2.75, 3.05) is 24.7 Å². The molecule has 6 heteroatoms. The lowest BCUT2D eigenvalue weighted by molar-refractivity contribution is -0.165. The molecule has 3 aliphatic rings. The molecule has 0 bridgehead atoms. The van der Waals surface area contributed by atoms with Gasteiger partial charge < -0.3 is 19.1 Å². The zero-order valence-electron chi connectivity index (χ0n) is 24.9. The predicted octanol–water partition coefficient (Wildman–Crippen LogP) is 8.22. The molecule has 221 valence electrons. The van der Waals surface area contributed by atoms with Crippen molar-refractivity contribution in [3.05, 3.63) is 107 Å². The number of anilines is 1. The Labute approximate surface area is 249 Å². The smallest absolute Gasteiger partial charge is 0.224 e. The van der Waals surface area contributed by atoms with Crippen LogP contribution < -0.4 is 9.64 Å². The number of amides is 1. The first-order valence-corrected chi connectivity index (χ1v) is 15.3. The van der Waals surface area contributed by atoms with Crippen molar-refractivity contribution in [1.29, 1.82) is 0 Å². The van der Waals surface area contributed by atoms with Gasteiger partial charge >= 0.3 is 0 Å². The summed E-state index contributed by atoms with van der Waals surface area (Å²) in [7, 11) is 0. The molecule has 6 rings (SSSR count). The second-order valence-electron chi connectivity index (χ2n) is 10.8. The summed E-state index contributed by atoms with van der Waals surface area (Å²) in [6.45, 7) is 7.35. The van der Waals surface area contributed by atoms with Gasteiger partial charge in [0.25, 0.3) is 0 Å². The topological polar surface area (TPSA) is 48.0 Å². The van der Waals surface area contributed by atoms with E-state index < -0.39 is 0 Å². The molecular formula is C36H41FNO4. The van der Waals surface area contributed by atoms with Crippen molar-refractivity contribution < 1.29 is 23.4 Å². The summed E-state index contributed by atoms with van der Waals surface area (Å²) < 4.78 is 32.3. The van der Waals surface area contributed by atoms with Gasteiger partial charge in [-0.05, 0) is 78.5 Å². The molecule has 1 saturated carbocycles. The fourth-order valence-corrected chi connectivity index (χ4v) is 5.39. The Hall–Kier alpha value is -3.48. The highest BCUT2D eigenvalue weighted by atomic mass is 19.1. The lowest BCUT2D eigenvalue weighted by Gasteiger charge is -2.26. The SMILES string of the molecule is CC.CC(=O)N(Cc1cc(C2CC2)ccc1OCCOC1CCCCO1)c1cc(F)ccc1[C]1C=C1c1ccccc1. The van der Waals surface area contributed by atoms with Gasteiger partial charge in [0.15, 0.2) is 6.29 Å². The van der Waals surface area contributed by atoms with Gasteiger partial charge in [0.1, 0.15) is 18.2 Å². The lowest BCUT2D eigenvalue weighted by atomic mass is 9.99. The monoisotopic (exact) mass is 570 g/mol. The summed E-state index contributed by atoms with van der Waals surface area (Å²) in [5.74, 6) is 1.75. The first-order valence-electron chi connectivity index (χ1n) is 15.3. The average Bonchev–Trinajstić information content (AvgIpc) is 3.95. The number of benzene rings is 3. The Bertz CT molecular complexity index is 1380. The maximum atomic E-state index is 14.6. The summed E-state index contributed by atoms with van der Waals surface area (Å²) in [5.41, 5.74) is 5.78. The van der Waals surface area contributed by atoms with Crippen LogP contribution in [0.3, 0.4) is 0 Å². The number of halogens is 1. The lowest BCUT2D eigenvalue weighted by Crippen LogP contribution is -2.29. The minimum Gasteiger partial charge on any atom is -0.491 e.